The van der Waals surface area contributed by atoms with Crippen molar-refractivity contribution >= 4 is 28.5 Å². The fourth-order valence-electron chi connectivity index (χ4n) is 5.60. The predicted octanol–water partition coefficient (Wildman–Crippen LogP) is 5.92. The van der Waals surface area contributed by atoms with Crippen LogP contribution in [0.15, 0.2) is 54.7 Å². The number of halogens is 1. The van der Waals surface area contributed by atoms with Gasteiger partial charge in [-0.1, -0.05) is 24.9 Å². The molecule has 6 heteroatoms. The van der Waals surface area contributed by atoms with Gasteiger partial charge in [-0.05, 0) is 79.8 Å². The summed E-state index contributed by atoms with van der Waals surface area (Å²) in [7, 11) is 1.66. The molecule has 0 aliphatic carbocycles. The maximum Gasteiger partial charge on any atom is 0.338 e. The van der Waals surface area contributed by atoms with E-state index < -0.39 is 6.10 Å². The summed E-state index contributed by atoms with van der Waals surface area (Å²) in [4.78, 5) is 20.3. The monoisotopic (exact) mass is 464 g/mol. The molecule has 4 heterocycles. The van der Waals surface area contributed by atoms with Crippen molar-refractivity contribution in [2.75, 3.05) is 20.2 Å². The number of hydrogen-bond acceptors (Lipinski definition) is 5. The lowest BCUT2D eigenvalue weighted by Crippen LogP contribution is -2.55. The number of rotatable bonds is 6. The Morgan fingerprint density at radius 1 is 1.21 bits per heavy atom. The van der Waals surface area contributed by atoms with Crippen LogP contribution in [0.4, 0.5) is 0 Å². The van der Waals surface area contributed by atoms with Crippen molar-refractivity contribution in [1.82, 2.24) is 9.88 Å². The molecule has 5 atom stereocenters. The molecule has 0 saturated carbocycles. The molecule has 33 heavy (non-hydrogen) atoms. The smallest absolute Gasteiger partial charge is 0.338 e. The summed E-state index contributed by atoms with van der Waals surface area (Å²) in [6.07, 6.45) is 4.85. The van der Waals surface area contributed by atoms with Crippen LogP contribution in [0, 0.1) is 11.8 Å². The molecular weight excluding hydrogens is 436 g/mol. The summed E-state index contributed by atoms with van der Waals surface area (Å²) in [5.74, 6) is 1.82. The quantitative estimate of drug-likeness (QED) is 0.424. The Kier molecular flexibility index (Phi) is 6.26. The number of carbonyl (C=O) groups excluding carboxylic acids is 1. The topological polar surface area (TPSA) is 51.7 Å². The van der Waals surface area contributed by atoms with Crippen LogP contribution in [0.2, 0.25) is 5.02 Å². The third-order valence-electron chi connectivity index (χ3n) is 7.41. The van der Waals surface area contributed by atoms with Gasteiger partial charge in [-0.25, -0.2) is 4.79 Å². The van der Waals surface area contributed by atoms with E-state index >= 15 is 0 Å². The molecule has 0 N–H and O–H groups in total. The first-order valence-corrected chi connectivity index (χ1v) is 12.1. The van der Waals surface area contributed by atoms with Gasteiger partial charge in [-0.15, -0.1) is 0 Å². The Bertz CT molecular complexity index is 1150. The fourth-order valence-corrected chi connectivity index (χ4v) is 5.72. The minimum Gasteiger partial charge on any atom is -0.497 e. The molecule has 2 bridgehead atoms. The molecule has 1 aromatic heterocycles. The maximum absolute atomic E-state index is 13.2. The summed E-state index contributed by atoms with van der Waals surface area (Å²) in [6.45, 7) is 4.39. The number of fused-ring (bicyclic) bond motifs is 4. The highest BCUT2D eigenvalue weighted by Crippen LogP contribution is 2.44. The maximum atomic E-state index is 13.2. The summed E-state index contributed by atoms with van der Waals surface area (Å²) >= 11 is 6.03. The zero-order valence-electron chi connectivity index (χ0n) is 19.0. The van der Waals surface area contributed by atoms with E-state index in [-0.39, 0.29) is 12.0 Å². The summed E-state index contributed by atoms with van der Waals surface area (Å²) in [5.41, 5.74) is 2.35. The number of methoxy groups -OCH3 is 1. The van der Waals surface area contributed by atoms with Gasteiger partial charge < -0.3 is 9.47 Å². The molecule has 6 rings (SSSR count). The standard InChI is InChI=1S/C27H29ClN2O3/c1-3-17-16-30-13-11-19(17)14-25(30)26(33-27(31)18-4-6-20(28)7-5-18)22-10-12-29-24-9-8-21(32-2)15-23(22)24/h4-10,12,15,17,19,25-26H,3,11,13-14,16H2,1-2H3/t17-,19+,25+,26-/m1/s1. The third-order valence-corrected chi connectivity index (χ3v) is 7.66. The lowest BCUT2D eigenvalue weighted by atomic mass is 9.72. The average Bonchev–Trinajstić information content (AvgIpc) is 2.87. The molecule has 0 spiro atoms. The van der Waals surface area contributed by atoms with Crippen molar-refractivity contribution < 1.29 is 14.3 Å². The van der Waals surface area contributed by atoms with Gasteiger partial charge in [0.15, 0.2) is 0 Å². The number of esters is 1. The Morgan fingerprint density at radius 2 is 2.03 bits per heavy atom. The highest BCUT2D eigenvalue weighted by molar-refractivity contribution is 6.30. The second kappa shape index (κ2) is 9.32. The van der Waals surface area contributed by atoms with Crippen LogP contribution < -0.4 is 4.74 Å². The highest BCUT2D eigenvalue weighted by atomic mass is 35.5. The van der Waals surface area contributed by atoms with Crippen molar-refractivity contribution in [3.05, 3.63) is 70.9 Å². The van der Waals surface area contributed by atoms with Crippen LogP contribution in [0.25, 0.3) is 10.9 Å². The van der Waals surface area contributed by atoms with Crippen molar-refractivity contribution in [3.63, 3.8) is 0 Å². The van der Waals surface area contributed by atoms with Crippen LogP contribution >= 0.6 is 11.6 Å². The van der Waals surface area contributed by atoms with E-state index in [1.165, 1.54) is 12.8 Å². The summed E-state index contributed by atoms with van der Waals surface area (Å²) in [5, 5.41) is 1.55. The minimum absolute atomic E-state index is 0.139. The molecule has 172 valence electrons. The van der Waals surface area contributed by atoms with E-state index in [0.717, 1.165) is 47.6 Å². The summed E-state index contributed by atoms with van der Waals surface area (Å²) < 4.78 is 11.8. The third kappa shape index (κ3) is 4.32. The van der Waals surface area contributed by atoms with E-state index in [4.69, 9.17) is 21.1 Å². The average molecular weight is 465 g/mol. The molecule has 3 aromatic rings. The van der Waals surface area contributed by atoms with E-state index in [2.05, 4.69) is 16.8 Å². The second-order valence-electron chi connectivity index (χ2n) is 9.13. The number of aromatic nitrogens is 1. The van der Waals surface area contributed by atoms with Crippen LogP contribution in [-0.2, 0) is 4.74 Å². The Hall–Kier alpha value is -2.63. The first-order chi connectivity index (χ1) is 16.1. The van der Waals surface area contributed by atoms with Gasteiger partial charge in [0.1, 0.15) is 11.9 Å². The van der Waals surface area contributed by atoms with Crippen LogP contribution in [-0.4, -0.2) is 42.1 Å². The van der Waals surface area contributed by atoms with Gasteiger partial charge in [-0.3, -0.25) is 9.88 Å². The number of hydrogen-bond donors (Lipinski definition) is 0. The van der Waals surface area contributed by atoms with Gasteiger partial charge in [0.05, 0.1) is 24.2 Å². The molecule has 3 fully saturated rings. The van der Waals surface area contributed by atoms with Crippen molar-refractivity contribution in [1.29, 1.82) is 0 Å². The van der Waals surface area contributed by atoms with Crippen molar-refractivity contribution in [2.45, 2.75) is 38.3 Å². The molecule has 2 aromatic carbocycles. The van der Waals surface area contributed by atoms with Crippen molar-refractivity contribution in [2.24, 2.45) is 11.8 Å². The van der Waals surface area contributed by atoms with E-state index in [1.807, 2.05) is 24.3 Å². The minimum atomic E-state index is -0.397. The SMILES string of the molecule is CC[C@@H]1CN2CC[C@H]1C[C@H]2[C@H](OC(=O)c1ccc(Cl)cc1)c1ccnc2ccc(OC)cc12. The van der Waals surface area contributed by atoms with Crippen LogP contribution in [0.5, 0.6) is 5.75 Å². The Morgan fingerprint density at radius 3 is 2.73 bits per heavy atom. The first kappa shape index (κ1) is 22.2. The lowest BCUT2D eigenvalue weighted by molar-refractivity contribution is -0.0659. The predicted molar refractivity (Wildman–Crippen MR) is 130 cm³/mol. The van der Waals surface area contributed by atoms with Gasteiger partial charge in [-0.2, -0.15) is 0 Å². The second-order valence-corrected chi connectivity index (χ2v) is 9.57. The van der Waals surface area contributed by atoms with Gasteiger partial charge in [0.25, 0.3) is 0 Å². The fraction of sp³-hybridized carbons (Fsp3) is 0.407. The van der Waals surface area contributed by atoms with E-state index in [0.29, 0.717) is 16.5 Å². The van der Waals surface area contributed by atoms with E-state index in [9.17, 15) is 4.79 Å². The molecule has 3 aliphatic rings. The molecule has 3 saturated heterocycles. The largest absolute Gasteiger partial charge is 0.497 e. The van der Waals surface area contributed by atoms with E-state index in [1.54, 1.807) is 37.6 Å². The molecule has 0 amide bonds. The molecular formula is C27H29ClN2O3. The highest BCUT2D eigenvalue weighted by Gasteiger charge is 2.44. The van der Waals surface area contributed by atoms with Crippen LogP contribution in [0.3, 0.4) is 0 Å². The Labute approximate surface area is 199 Å². The normalized spacial score (nSPS) is 25.1. The zero-order valence-corrected chi connectivity index (χ0v) is 19.8. The molecule has 5 nitrogen and oxygen atoms in total. The van der Waals surface area contributed by atoms with Gasteiger partial charge in [0, 0.05) is 28.7 Å². The number of ether oxygens (including phenoxy) is 2. The zero-order chi connectivity index (χ0) is 22.9. The molecule has 1 unspecified atom stereocenters. The number of piperidine rings is 3. The van der Waals surface area contributed by atoms with Gasteiger partial charge >= 0.3 is 5.97 Å². The number of benzene rings is 2. The molecule has 3 aliphatic heterocycles. The number of carbonyl (C=O) groups is 1. The number of nitrogens with zero attached hydrogens (tertiary/aromatic N) is 2. The van der Waals surface area contributed by atoms with Crippen molar-refractivity contribution in [3.8, 4) is 5.75 Å². The van der Waals surface area contributed by atoms with Crippen LogP contribution in [0.1, 0.15) is 48.2 Å². The lowest BCUT2D eigenvalue weighted by Gasteiger charge is -2.51. The number of pyridine rings is 1. The summed E-state index contributed by atoms with van der Waals surface area (Å²) in [6, 6.07) is 14.9. The van der Waals surface area contributed by atoms with Gasteiger partial charge in [0.2, 0.25) is 0 Å². The first-order valence-electron chi connectivity index (χ1n) is 11.7. The Balaban J connectivity index is 1.55. The molecule has 0 radical (unpaired) electrons.